The number of ether oxygens (including phenoxy) is 2. The standard InChI is InChI=1S/C26H24ClN3O5S2/c27-21-4-2-1-3-19(21)16-30-22-7-6-20(14-25(22)36-26(30)31)37(32,33)29-11-9-28(10-12-29)15-18-5-8-23-24(13-18)35-17-34-23/h1-8,13-14H,9-12,15-17H2. The molecule has 0 bridgehead atoms. The van der Waals surface area contributed by atoms with Crippen molar-refractivity contribution in [2.45, 2.75) is 18.0 Å². The van der Waals surface area contributed by atoms with Gasteiger partial charge in [-0.2, -0.15) is 4.31 Å². The Bertz CT molecular complexity index is 1640. The second-order valence-corrected chi connectivity index (χ2v) is 12.4. The molecule has 3 aromatic carbocycles. The second-order valence-electron chi connectivity index (χ2n) is 9.04. The Morgan fingerprint density at radius 1 is 0.892 bits per heavy atom. The van der Waals surface area contributed by atoms with Crippen molar-refractivity contribution in [3.63, 3.8) is 0 Å². The quantitative estimate of drug-likeness (QED) is 0.356. The van der Waals surface area contributed by atoms with Crippen molar-refractivity contribution in [3.05, 3.63) is 86.5 Å². The third-order valence-electron chi connectivity index (χ3n) is 6.74. The van der Waals surface area contributed by atoms with Gasteiger partial charge in [0.2, 0.25) is 16.8 Å². The van der Waals surface area contributed by atoms with Gasteiger partial charge in [0.15, 0.2) is 11.5 Å². The number of halogens is 1. The van der Waals surface area contributed by atoms with Crippen LogP contribution in [0.25, 0.3) is 10.2 Å². The summed E-state index contributed by atoms with van der Waals surface area (Å²) in [4.78, 5) is 15.0. The zero-order valence-corrected chi connectivity index (χ0v) is 22.2. The number of piperazine rings is 1. The maximum Gasteiger partial charge on any atom is 0.308 e. The van der Waals surface area contributed by atoms with Gasteiger partial charge in [-0.3, -0.25) is 14.3 Å². The fraction of sp³-hybridized carbons (Fsp3) is 0.269. The van der Waals surface area contributed by atoms with Gasteiger partial charge in [-0.05, 0) is 47.5 Å². The van der Waals surface area contributed by atoms with Gasteiger partial charge in [-0.1, -0.05) is 47.2 Å². The van der Waals surface area contributed by atoms with E-state index in [0.29, 0.717) is 54.5 Å². The first-order valence-corrected chi connectivity index (χ1v) is 14.5. The highest BCUT2D eigenvalue weighted by atomic mass is 35.5. The van der Waals surface area contributed by atoms with Gasteiger partial charge in [-0.25, -0.2) is 8.42 Å². The summed E-state index contributed by atoms with van der Waals surface area (Å²) in [5, 5.41) is 0.589. The highest BCUT2D eigenvalue weighted by molar-refractivity contribution is 7.89. The van der Waals surface area contributed by atoms with Crippen LogP contribution < -0.4 is 14.3 Å². The molecule has 0 N–H and O–H groups in total. The third kappa shape index (κ3) is 4.75. The Kier molecular flexibility index (Phi) is 6.46. The van der Waals surface area contributed by atoms with Crippen molar-refractivity contribution in [2.75, 3.05) is 33.0 Å². The lowest BCUT2D eigenvalue weighted by atomic mass is 10.2. The summed E-state index contributed by atoms with van der Waals surface area (Å²) in [5.41, 5.74) is 2.63. The number of nitrogens with zero attached hydrogens (tertiary/aromatic N) is 3. The summed E-state index contributed by atoms with van der Waals surface area (Å²) >= 11 is 7.33. The molecule has 0 spiro atoms. The van der Waals surface area contributed by atoms with Crippen molar-refractivity contribution in [1.82, 2.24) is 13.8 Å². The van der Waals surface area contributed by atoms with Crippen LogP contribution in [-0.4, -0.2) is 55.2 Å². The molecule has 0 aliphatic carbocycles. The summed E-state index contributed by atoms with van der Waals surface area (Å²) in [5.74, 6) is 1.50. The summed E-state index contributed by atoms with van der Waals surface area (Å²) in [6.45, 7) is 3.32. The SMILES string of the molecule is O=c1sc2cc(S(=O)(=O)N3CCN(Cc4ccc5c(c4)OCO5)CC3)ccc2n1Cc1ccccc1Cl. The van der Waals surface area contributed by atoms with Crippen molar-refractivity contribution in [2.24, 2.45) is 0 Å². The lowest BCUT2D eigenvalue weighted by Crippen LogP contribution is -2.48. The van der Waals surface area contributed by atoms with Crippen LogP contribution in [0.4, 0.5) is 0 Å². The fourth-order valence-electron chi connectivity index (χ4n) is 4.73. The third-order valence-corrected chi connectivity index (χ3v) is 9.94. The van der Waals surface area contributed by atoms with Crippen molar-refractivity contribution in [1.29, 1.82) is 0 Å². The molecule has 0 unspecified atom stereocenters. The van der Waals surface area contributed by atoms with Crippen LogP contribution in [0, 0.1) is 0 Å². The van der Waals surface area contributed by atoms with E-state index in [1.54, 1.807) is 28.8 Å². The maximum atomic E-state index is 13.4. The van der Waals surface area contributed by atoms with Crippen LogP contribution in [0.1, 0.15) is 11.1 Å². The molecule has 2 aliphatic rings. The monoisotopic (exact) mass is 557 g/mol. The van der Waals surface area contributed by atoms with Gasteiger partial charge in [0.1, 0.15) is 0 Å². The molecule has 0 atom stereocenters. The number of hydrogen-bond donors (Lipinski definition) is 0. The zero-order valence-electron chi connectivity index (χ0n) is 19.8. The van der Waals surface area contributed by atoms with Crippen molar-refractivity contribution >= 4 is 43.2 Å². The molecule has 1 aromatic heterocycles. The van der Waals surface area contributed by atoms with Gasteiger partial charge < -0.3 is 9.47 Å². The first kappa shape index (κ1) is 24.4. The Morgan fingerprint density at radius 2 is 1.68 bits per heavy atom. The van der Waals surface area contributed by atoms with Crippen LogP contribution in [0.5, 0.6) is 11.5 Å². The van der Waals surface area contributed by atoms with E-state index in [9.17, 15) is 13.2 Å². The molecule has 3 heterocycles. The molecule has 8 nitrogen and oxygen atoms in total. The molecule has 1 fully saturated rings. The van der Waals surface area contributed by atoms with E-state index in [0.717, 1.165) is 34.0 Å². The Labute approximate surface area is 223 Å². The van der Waals surface area contributed by atoms with Gasteiger partial charge in [0.25, 0.3) is 0 Å². The molecule has 0 radical (unpaired) electrons. The van der Waals surface area contributed by atoms with Gasteiger partial charge in [-0.15, -0.1) is 0 Å². The summed E-state index contributed by atoms with van der Waals surface area (Å²) in [6.07, 6.45) is 0. The van der Waals surface area contributed by atoms with Crippen LogP contribution >= 0.6 is 22.9 Å². The molecule has 11 heteroatoms. The maximum absolute atomic E-state index is 13.4. The first-order valence-electron chi connectivity index (χ1n) is 11.9. The number of aromatic nitrogens is 1. The van der Waals surface area contributed by atoms with E-state index in [1.807, 2.05) is 36.4 Å². The molecule has 1 saturated heterocycles. The summed E-state index contributed by atoms with van der Waals surface area (Å²) < 4.78 is 41.5. The van der Waals surface area contributed by atoms with Crippen LogP contribution in [0.15, 0.2) is 70.4 Å². The Balaban J connectivity index is 1.16. The van der Waals surface area contributed by atoms with E-state index in [-0.39, 0.29) is 16.6 Å². The van der Waals surface area contributed by atoms with Crippen LogP contribution in [0.2, 0.25) is 5.02 Å². The van der Waals surface area contributed by atoms with Crippen molar-refractivity contribution in [3.8, 4) is 11.5 Å². The number of rotatable bonds is 6. The van der Waals surface area contributed by atoms with E-state index in [4.69, 9.17) is 21.1 Å². The zero-order chi connectivity index (χ0) is 25.6. The molecule has 192 valence electrons. The molecule has 37 heavy (non-hydrogen) atoms. The predicted octanol–water partition coefficient (Wildman–Crippen LogP) is 4.00. The average molecular weight is 558 g/mol. The van der Waals surface area contributed by atoms with E-state index >= 15 is 0 Å². The molecule has 0 saturated carbocycles. The molecular formula is C26H24ClN3O5S2. The smallest absolute Gasteiger partial charge is 0.308 e. The number of fused-ring (bicyclic) bond motifs is 2. The minimum Gasteiger partial charge on any atom is -0.454 e. The summed E-state index contributed by atoms with van der Waals surface area (Å²) in [7, 11) is -3.68. The lowest BCUT2D eigenvalue weighted by molar-refractivity contribution is 0.173. The molecule has 6 rings (SSSR count). The van der Waals surface area contributed by atoms with E-state index < -0.39 is 10.0 Å². The number of benzene rings is 3. The largest absolute Gasteiger partial charge is 0.454 e. The second kappa shape index (κ2) is 9.77. The minimum atomic E-state index is -3.68. The first-order chi connectivity index (χ1) is 17.9. The van der Waals surface area contributed by atoms with E-state index in [2.05, 4.69) is 4.90 Å². The predicted molar refractivity (Wildman–Crippen MR) is 143 cm³/mol. The minimum absolute atomic E-state index is 0.151. The molecule has 0 amide bonds. The highest BCUT2D eigenvalue weighted by Crippen LogP contribution is 2.33. The Hall–Kier alpha value is -2.89. The Morgan fingerprint density at radius 3 is 2.49 bits per heavy atom. The highest BCUT2D eigenvalue weighted by Gasteiger charge is 2.29. The van der Waals surface area contributed by atoms with Crippen LogP contribution in [0.3, 0.4) is 0 Å². The number of hydrogen-bond acceptors (Lipinski definition) is 7. The fourth-order valence-corrected chi connectivity index (χ4v) is 7.38. The summed E-state index contributed by atoms with van der Waals surface area (Å²) in [6, 6.07) is 18.2. The average Bonchev–Trinajstić information content (AvgIpc) is 3.49. The van der Waals surface area contributed by atoms with Gasteiger partial charge in [0, 0.05) is 37.7 Å². The molecule has 4 aromatic rings. The van der Waals surface area contributed by atoms with E-state index in [1.165, 1.54) is 4.31 Å². The normalized spacial score (nSPS) is 16.5. The topological polar surface area (TPSA) is 81.1 Å². The van der Waals surface area contributed by atoms with Crippen molar-refractivity contribution < 1.29 is 17.9 Å². The lowest BCUT2D eigenvalue weighted by Gasteiger charge is -2.34. The van der Waals surface area contributed by atoms with Crippen LogP contribution in [-0.2, 0) is 23.1 Å². The van der Waals surface area contributed by atoms with Gasteiger partial charge >= 0.3 is 4.87 Å². The molecular weight excluding hydrogens is 534 g/mol. The molecule has 2 aliphatic heterocycles. The number of sulfonamides is 1. The number of thiazole rings is 1. The van der Waals surface area contributed by atoms with Gasteiger partial charge in [0.05, 0.1) is 21.7 Å².